The maximum atomic E-state index is 12.8. The number of halogens is 3. The second-order valence-electron chi connectivity index (χ2n) is 5.99. The molecule has 2 aromatic carbocycles. The van der Waals surface area contributed by atoms with Crippen LogP contribution >= 0.6 is 23.8 Å². The number of nitrogens with one attached hydrogen (secondary N) is 1. The van der Waals surface area contributed by atoms with E-state index in [1.807, 2.05) is 12.1 Å². The largest absolute Gasteiger partial charge is 0.490 e. The van der Waals surface area contributed by atoms with Crippen molar-refractivity contribution in [1.82, 2.24) is 10.2 Å². The summed E-state index contributed by atoms with van der Waals surface area (Å²) in [7, 11) is 0. The third-order valence-electron chi connectivity index (χ3n) is 4.04. The van der Waals surface area contributed by atoms with Crippen LogP contribution in [-0.2, 0) is 11.3 Å². The van der Waals surface area contributed by atoms with Gasteiger partial charge in [-0.15, -0.1) is 0 Å². The van der Waals surface area contributed by atoms with Crippen LogP contribution in [0.25, 0.3) is 6.08 Å². The topological polar surface area (TPSA) is 50.8 Å². The molecule has 0 aliphatic carbocycles. The Hall–Kier alpha value is -2.71. The van der Waals surface area contributed by atoms with Crippen LogP contribution in [0.4, 0.5) is 8.78 Å². The van der Waals surface area contributed by atoms with Crippen molar-refractivity contribution in [2.75, 3.05) is 6.61 Å². The summed E-state index contributed by atoms with van der Waals surface area (Å²) < 4.78 is 34.9. The zero-order chi connectivity index (χ0) is 21.0. The molecule has 3 rings (SSSR count). The fraction of sp³-hybridized carbons (Fsp3) is 0.200. The molecule has 0 unspecified atom stereocenters. The number of amides is 1. The second-order valence-corrected chi connectivity index (χ2v) is 6.78. The van der Waals surface area contributed by atoms with Gasteiger partial charge in [-0.1, -0.05) is 35.9 Å². The molecule has 1 aliphatic rings. The molecule has 2 aromatic rings. The number of hydrogen-bond acceptors (Lipinski definition) is 4. The van der Waals surface area contributed by atoms with Gasteiger partial charge < -0.3 is 14.8 Å². The first-order chi connectivity index (χ1) is 13.9. The molecule has 1 amide bonds. The third-order valence-corrected chi connectivity index (χ3v) is 4.73. The number of hydrogen-bond donors (Lipinski definition) is 1. The van der Waals surface area contributed by atoms with Crippen LogP contribution in [0.5, 0.6) is 11.5 Å². The zero-order valence-corrected chi connectivity index (χ0v) is 16.9. The SMILES string of the molecule is CCOc1cc(C=C2NC(=S)N(Cc3ccccc3Cl)C2=O)ccc1OC(F)F. The standard InChI is InChI=1S/C20H17ClF2N2O3S/c1-2-27-17-10-12(7-8-16(17)28-19(22)23)9-15-18(26)25(20(29)24-15)11-13-5-3-4-6-14(13)21/h3-10,19H,2,11H2,1H3,(H,24,29). The van der Waals surface area contributed by atoms with Gasteiger partial charge in [-0.25, -0.2) is 0 Å². The van der Waals surface area contributed by atoms with Crippen molar-refractivity contribution in [2.45, 2.75) is 20.1 Å². The van der Waals surface area contributed by atoms with E-state index >= 15 is 0 Å². The number of rotatable bonds is 7. The maximum absolute atomic E-state index is 12.8. The van der Waals surface area contributed by atoms with Crippen LogP contribution in [0.3, 0.4) is 0 Å². The predicted octanol–water partition coefficient (Wildman–Crippen LogP) is 4.60. The molecule has 0 aromatic heterocycles. The first kappa shape index (κ1) is 21.0. The monoisotopic (exact) mass is 438 g/mol. The Morgan fingerprint density at radius 3 is 2.69 bits per heavy atom. The van der Waals surface area contributed by atoms with Gasteiger partial charge in [0, 0.05) is 5.02 Å². The van der Waals surface area contributed by atoms with Gasteiger partial charge >= 0.3 is 6.61 Å². The van der Waals surface area contributed by atoms with E-state index in [-0.39, 0.29) is 41.4 Å². The molecule has 0 radical (unpaired) electrons. The number of nitrogens with zero attached hydrogens (tertiary/aromatic N) is 1. The van der Waals surface area contributed by atoms with Crippen molar-refractivity contribution in [3.63, 3.8) is 0 Å². The van der Waals surface area contributed by atoms with E-state index in [9.17, 15) is 13.6 Å². The average Bonchev–Trinajstić information content (AvgIpc) is 2.93. The summed E-state index contributed by atoms with van der Waals surface area (Å²) in [5.74, 6) is -0.241. The molecule has 0 saturated carbocycles. The molecule has 1 saturated heterocycles. The number of benzene rings is 2. The van der Waals surface area contributed by atoms with Crippen LogP contribution in [0.2, 0.25) is 5.02 Å². The number of alkyl halides is 2. The first-order valence-corrected chi connectivity index (χ1v) is 9.47. The highest BCUT2D eigenvalue weighted by Crippen LogP contribution is 2.31. The van der Waals surface area contributed by atoms with E-state index in [4.69, 9.17) is 28.6 Å². The van der Waals surface area contributed by atoms with Gasteiger partial charge in [-0.3, -0.25) is 9.69 Å². The van der Waals surface area contributed by atoms with Crippen molar-refractivity contribution in [3.05, 3.63) is 64.3 Å². The Morgan fingerprint density at radius 2 is 2.00 bits per heavy atom. The minimum atomic E-state index is -2.97. The van der Waals surface area contributed by atoms with Gasteiger partial charge in [0.25, 0.3) is 5.91 Å². The smallest absolute Gasteiger partial charge is 0.387 e. The first-order valence-electron chi connectivity index (χ1n) is 8.68. The van der Waals surface area contributed by atoms with Gasteiger partial charge in [0.2, 0.25) is 0 Å². The lowest BCUT2D eigenvalue weighted by Crippen LogP contribution is -2.30. The fourth-order valence-corrected chi connectivity index (χ4v) is 3.21. The van der Waals surface area contributed by atoms with Crippen molar-refractivity contribution in [3.8, 4) is 11.5 Å². The van der Waals surface area contributed by atoms with E-state index in [2.05, 4.69) is 10.1 Å². The van der Waals surface area contributed by atoms with Crippen molar-refractivity contribution in [2.24, 2.45) is 0 Å². The van der Waals surface area contributed by atoms with Crippen molar-refractivity contribution >= 4 is 40.9 Å². The van der Waals surface area contributed by atoms with E-state index in [1.54, 1.807) is 31.2 Å². The zero-order valence-electron chi connectivity index (χ0n) is 15.3. The van der Waals surface area contributed by atoms with Crippen LogP contribution in [0, 0.1) is 0 Å². The summed E-state index contributed by atoms with van der Waals surface area (Å²) in [5.41, 5.74) is 1.58. The molecule has 1 aliphatic heterocycles. The molecule has 152 valence electrons. The van der Waals surface area contributed by atoms with Crippen LogP contribution < -0.4 is 14.8 Å². The Kier molecular flexibility index (Phi) is 6.66. The van der Waals surface area contributed by atoms with E-state index < -0.39 is 6.61 Å². The van der Waals surface area contributed by atoms with Crippen LogP contribution in [0.15, 0.2) is 48.2 Å². The minimum Gasteiger partial charge on any atom is -0.490 e. The molecule has 0 atom stereocenters. The van der Waals surface area contributed by atoms with Crippen LogP contribution in [0.1, 0.15) is 18.1 Å². The van der Waals surface area contributed by atoms with Gasteiger partial charge in [0.1, 0.15) is 5.70 Å². The molecule has 5 nitrogen and oxygen atoms in total. The summed E-state index contributed by atoms with van der Waals surface area (Å²) >= 11 is 11.4. The Balaban J connectivity index is 1.83. The van der Waals surface area contributed by atoms with Crippen LogP contribution in [-0.4, -0.2) is 29.1 Å². The molecular weight excluding hydrogens is 422 g/mol. The number of carbonyl (C=O) groups excluding carboxylic acids is 1. The van der Waals surface area contributed by atoms with E-state index in [0.717, 1.165) is 5.56 Å². The van der Waals surface area contributed by atoms with E-state index in [0.29, 0.717) is 10.6 Å². The number of ether oxygens (including phenoxy) is 2. The molecule has 9 heteroatoms. The Bertz CT molecular complexity index is 968. The lowest BCUT2D eigenvalue weighted by atomic mass is 10.1. The molecular formula is C20H17ClF2N2O3S. The highest BCUT2D eigenvalue weighted by molar-refractivity contribution is 7.80. The Labute approximate surface area is 176 Å². The van der Waals surface area contributed by atoms with Gasteiger partial charge in [0.05, 0.1) is 13.2 Å². The predicted molar refractivity (Wildman–Crippen MR) is 110 cm³/mol. The minimum absolute atomic E-state index is 0.0782. The quantitative estimate of drug-likeness (QED) is 0.506. The van der Waals surface area contributed by atoms with Gasteiger partial charge in [-0.2, -0.15) is 8.78 Å². The highest BCUT2D eigenvalue weighted by atomic mass is 35.5. The fourth-order valence-electron chi connectivity index (χ4n) is 2.75. The second kappa shape index (κ2) is 9.19. The lowest BCUT2D eigenvalue weighted by molar-refractivity contribution is -0.122. The molecule has 1 fully saturated rings. The average molecular weight is 439 g/mol. The normalized spacial score (nSPS) is 15.2. The van der Waals surface area contributed by atoms with Gasteiger partial charge in [0.15, 0.2) is 16.6 Å². The summed E-state index contributed by atoms with van der Waals surface area (Å²) in [4.78, 5) is 14.2. The molecule has 0 spiro atoms. The summed E-state index contributed by atoms with van der Waals surface area (Å²) in [6.45, 7) is -0.739. The van der Waals surface area contributed by atoms with Gasteiger partial charge in [-0.05, 0) is 54.5 Å². The van der Waals surface area contributed by atoms with Crippen molar-refractivity contribution in [1.29, 1.82) is 0 Å². The Morgan fingerprint density at radius 1 is 1.24 bits per heavy atom. The highest BCUT2D eigenvalue weighted by Gasteiger charge is 2.31. The molecule has 0 bridgehead atoms. The molecule has 1 heterocycles. The summed E-state index contributed by atoms with van der Waals surface area (Å²) in [6.07, 6.45) is 1.57. The summed E-state index contributed by atoms with van der Waals surface area (Å²) in [5, 5.41) is 3.67. The summed E-state index contributed by atoms with van der Waals surface area (Å²) in [6, 6.07) is 11.6. The number of carbonyl (C=O) groups is 1. The third kappa shape index (κ3) is 5.02. The van der Waals surface area contributed by atoms with Crippen molar-refractivity contribution < 1.29 is 23.0 Å². The number of thiocarbonyl (C=S) groups is 1. The van der Waals surface area contributed by atoms with E-state index in [1.165, 1.54) is 17.0 Å². The molecule has 1 N–H and O–H groups in total. The lowest BCUT2D eigenvalue weighted by Gasteiger charge is -2.14. The molecule has 29 heavy (non-hydrogen) atoms. The maximum Gasteiger partial charge on any atom is 0.387 e.